The molecule has 0 bridgehead atoms. The zero-order valence-electron chi connectivity index (χ0n) is 15.3. The van der Waals surface area contributed by atoms with Crippen molar-refractivity contribution in [2.24, 2.45) is 7.05 Å². The molecule has 140 valence electrons. The van der Waals surface area contributed by atoms with E-state index >= 15 is 0 Å². The molecule has 0 radical (unpaired) electrons. The summed E-state index contributed by atoms with van der Waals surface area (Å²) < 4.78 is 3.84. The van der Waals surface area contributed by atoms with Gasteiger partial charge in [-0.1, -0.05) is 30.3 Å². The van der Waals surface area contributed by atoms with Gasteiger partial charge in [0.05, 0.1) is 18.8 Å². The van der Waals surface area contributed by atoms with Crippen LogP contribution in [0.2, 0.25) is 0 Å². The second kappa shape index (κ2) is 7.63. The molecule has 1 aliphatic rings. The highest BCUT2D eigenvalue weighted by Gasteiger charge is 2.19. The largest absolute Gasteiger partial charge is 0.337 e. The summed E-state index contributed by atoms with van der Waals surface area (Å²) in [4.78, 5) is 18.7. The predicted molar refractivity (Wildman–Crippen MR) is 102 cm³/mol. The highest BCUT2D eigenvalue weighted by Crippen LogP contribution is 2.18. The van der Waals surface area contributed by atoms with E-state index in [2.05, 4.69) is 49.9 Å². The van der Waals surface area contributed by atoms with Gasteiger partial charge < -0.3 is 9.88 Å². The third-order valence-electron chi connectivity index (χ3n) is 4.70. The molecule has 8 heteroatoms. The van der Waals surface area contributed by atoms with Crippen molar-refractivity contribution >= 4 is 11.8 Å². The molecule has 0 atom stereocenters. The number of aromatic nitrogens is 4. The van der Waals surface area contributed by atoms with Crippen molar-refractivity contribution in [1.82, 2.24) is 29.5 Å². The topological polar surface area (TPSA) is 80.0 Å². The van der Waals surface area contributed by atoms with E-state index in [1.807, 2.05) is 34.6 Å². The molecule has 0 fully saturated rings. The lowest BCUT2D eigenvalue weighted by Gasteiger charge is -2.27. The van der Waals surface area contributed by atoms with Crippen molar-refractivity contribution in [3.63, 3.8) is 0 Å². The Labute approximate surface area is 157 Å². The molecule has 1 aliphatic heterocycles. The SMILES string of the molecule is Cn1ccnc1CNC(=O)Nc1cc2n(n1)CCN(Cc1ccccc1)C2. The number of fused-ring (bicyclic) bond motifs is 1. The van der Waals surface area contributed by atoms with Gasteiger partial charge in [-0.05, 0) is 5.56 Å². The van der Waals surface area contributed by atoms with Crippen LogP contribution in [0.1, 0.15) is 17.1 Å². The Hall–Kier alpha value is -3.13. The Morgan fingerprint density at radius 2 is 2.07 bits per heavy atom. The molecule has 0 unspecified atom stereocenters. The van der Waals surface area contributed by atoms with Crippen LogP contribution in [-0.2, 0) is 33.2 Å². The van der Waals surface area contributed by atoms with Gasteiger partial charge in [-0.3, -0.25) is 14.9 Å². The Morgan fingerprint density at radius 3 is 2.85 bits per heavy atom. The molecule has 1 aromatic carbocycles. The molecular weight excluding hydrogens is 342 g/mol. The fourth-order valence-corrected chi connectivity index (χ4v) is 3.24. The lowest BCUT2D eigenvalue weighted by atomic mass is 10.2. The molecule has 3 aromatic rings. The number of nitrogens with zero attached hydrogens (tertiary/aromatic N) is 5. The molecule has 0 spiro atoms. The van der Waals surface area contributed by atoms with Crippen molar-refractivity contribution in [1.29, 1.82) is 0 Å². The van der Waals surface area contributed by atoms with Crippen molar-refractivity contribution < 1.29 is 4.79 Å². The number of hydrogen-bond donors (Lipinski definition) is 2. The Bertz CT molecular complexity index is 915. The number of carbonyl (C=O) groups is 1. The van der Waals surface area contributed by atoms with E-state index in [-0.39, 0.29) is 6.03 Å². The van der Waals surface area contributed by atoms with Crippen LogP contribution in [-0.4, -0.2) is 36.8 Å². The van der Waals surface area contributed by atoms with Gasteiger partial charge in [0.2, 0.25) is 0 Å². The minimum absolute atomic E-state index is 0.283. The van der Waals surface area contributed by atoms with Gasteiger partial charge in [0.25, 0.3) is 0 Å². The summed E-state index contributed by atoms with van der Waals surface area (Å²) in [6, 6.07) is 12.1. The van der Waals surface area contributed by atoms with Gasteiger partial charge in [0.1, 0.15) is 5.82 Å². The maximum atomic E-state index is 12.1. The maximum absolute atomic E-state index is 12.1. The summed E-state index contributed by atoms with van der Waals surface area (Å²) in [5, 5.41) is 10.1. The minimum atomic E-state index is -0.283. The lowest BCUT2D eigenvalue weighted by Crippen LogP contribution is -2.33. The van der Waals surface area contributed by atoms with E-state index in [1.54, 1.807) is 6.20 Å². The highest BCUT2D eigenvalue weighted by atomic mass is 16.2. The third-order valence-corrected chi connectivity index (χ3v) is 4.70. The zero-order valence-corrected chi connectivity index (χ0v) is 15.3. The van der Waals surface area contributed by atoms with Crippen LogP contribution in [0.4, 0.5) is 10.6 Å². The van der Waals surface area contributed by atoms with Crippen LogP contribution in [0.5, 0.6) is 0 Å². The molecule has 2 N–H and O–H groups in total. The number of urea groups is 1. The number of benzene rings is 1. The monoisotopic (exact) mass is 365 g/mol. The standard InChI is InChI=1S/C19H23N7O/c1-24-8-7-20-18(24)12-21-19(27)22-17-11-16-14-25(9-10-26(16)23-17)13-15-5-3-2-4-6-15/h2-8,11H,9-10,12-14H2,1H3,(H2,21,22,23,27). The van der Waals surface area contributed by atoms with Gasteiger partial charge >= 0.3 is 6.03 Å². The average Bonchev–Trinajstić information content (AvgIpc) is 3.25. The van der Waals surface area contributed by atoms with E-state index < -0.39 is 0 Å². The first-order valence-corrected chi connectivity index (χ1v) is 9.01. The number of anilines is 1. The number of hydrogen-bond acceptors (Lipinski definition) is 4. The quantitative estimate of drug-likeness (QED) is 0.724. The van der Waals surface area contributed by atoms with Gasteiger partial charge in [-0.2, -0.15) is 5.10 Å². The van der Waals surface area contributed by atoms with Gasteiger partial charge in [-0.15, -0.1) is 0 Å². The molecule has 3 heterocycles. The summed E-state index contributed by atoms with van der Waals surface area (Å²) in [6.07, 6.45) is 3.55. The molecule has 2 aromatic heterocycles. The number of rotatable bonds is 5. The zero-order chi connectivity index (χ0) is 18.6. The first-order chi connectivity index (χ1) is 13.2. The van der Waals surface area contributed by atoms with Crippen molar-refractivity contribution in [3.8, 4) is 0 Å². The van der Waals surface area contributed by atoms with Gasteiger partial charge in [0.15, 0.2) is 5.82 Å². The van der Waals surface area contributed by atoms with Crippen molar-refractivity contribution in [3.05, 3.63) is 65.9 Å². The smallest absolute Gasteiger partial charge is 0.320 e. The molecule has 2 amide bonds. The Balaban J connectivity index is 1.32. The van der Waals surface area contributed by atoms with E-state index in [4.69, 9.17) is 0 Å². The Kier molecular flexibility index (Phi) is 4.88. The van der Waals surface area contributed by atoms with E-state index in [1.165, 1.54) is 5.56 Å². The van der Waals surface area contributed by atoms with Crippen LogP contribution < -0.4 is 10.6 Å². The second-order valence-electron chi connectivity index (χ2n) is 6.70. The predicted octanol–water partition coefficient (Wildman–Crippen LogP) is 1.95. The lowest BCUT2D eigenvalue weighted by molar-refractivity contribution is 0.205. The summed E-state index contributed by atoms with van der Waals surface area (Å²) in [5.41, 5.74) is 2.41. The second-order valence-corrected chi connectivity index (χ2v) is 6.70. The van der Waals surface area contributed by atoms with E-state index in [0.29, 0.717) is 12.4 Å². The first kappa shape index (κ1) is 17.3. The number of aryl methyl sites for hydroxylation is 1. The van der Waals surface area contributed by atoms with Crippen LogP contribution in [0.25, 0.3) is 0 Å². The first-order valence-electron chi connectivity index (χ1n) is 9.01. The molecular formula is C19H23N7O. The summed E-state index contributed by atoms with van der Waals surface area (Å²) >= 11 is 0. The Morgan fingerprint density at radius 1 is 1.22 bits per heavy atom. The normalized spacial score (nSPS) is 14.0. The van der Waals surface area contributed by atoms with Gasteiger partial charge in [0, 0.05) is 45.1 Å². The fraction of sp³-hybridized carbons (Fsp3) is 0.316. The van der Waals surface area contributed by atoms with Crippen molar-refractivity contribution in [2.75, 3.05) is 11.9 Å². The molecule has 4 rings (SSSR count). The van der Waals surface area contributed by atoms with Crippen LogP contribution >= 0.6 is 0 Å². The molecule has 8 nitrogen and oxygen atoms in total. The summed E-state index contributed by atoms with van der Waals surface area (Å²) in [5.74, 6) is 1.37. The van der Waals surface area contributed by atoms with Crippen LogP contribution in [0.3, 0.4) is 0 Å². The summed E-state index contributed by atoms with van der Waals surface area (Å²) in [6.45, 7) is 3.86. The van der Waals surface area contributed by atoms with Crippen molar-refractivity contribution in [2.45, 2.75) is 26.2 Å². The molecule has 0 saturated heterocycles. The molecule has 0 saturated carbocycles. The van der Waals surface area contributed by atoms with Crippen LogP contribution in [0, 0.1) is 0 Å². The number of carbonyl (C=O) groups excluding carboxylic acids is 1. The fourth-order valence-electron chi connectivity index (χ4n) is 3.24. The molecule has 27 heavy (non-hydrogen) atoms. The van der Waals surface area contributed by atoms with Gasteiger partial charge in [-0.25, -0.2) is 9.78 Å². The van der Waals surface area contributed by atoms with E-state index in [9.17, 15) is 4.79 Å². The maximum Gasteiger partial charge on any atom is 0.320 e. The number of imidazole rings is 1. The minimum Gasteiger partial charge on any atom is -0.337 e. The number of amides is 2. The third kappa shape index (κ3) is 4.17. The molecule has 0 aliphatic carbocycles. The average molecular weight is 365 g/mol. The van der Waals surface area contributed by atoms with E-state index in [0.717, 1.165) is 37.7 Å². The summed E-state index contributed by atoms with van der Waals surface area (Å²) in [7, 11) is 1.90. The highest BCUT2D eigenvalue weighted by molar-refractivity contribution is 5.88. The number of nitrogens with one attached hydrogen (secondary N) is 2. The van der Waals surface area contributed by atoms with Crippen LogP contribution in [0.15, 0.2) is 48.8 Å².